The number of nitrogens with one attached hydrogen (secondary N) is 4. The van der Waals surface area contributed by atoms with E-state index in [4.69, 9.17) is 0 Å². The number of halogens is 6. The molecule has 0 saturated heterocycles. The smallest absolute Gasteiger partial charge is 0.329 e. The second kappa shape index (κ2) is 15.5. The SMILES string of the molecule is F[P-](F)(F)(F)(F)F.O=c1cccc[nH]1.O=c1cccc[nH]1.O=c1cccc[nH]1.O=c1cccc[nH]1.[Ag+]. The molecule has 4 aromatic heterocycles. The Kier molecular flexibility index (Phi) is 15.0. The van der Waals surface area contributed by atoms with Gasteiger partial charge in [0.15, 0.2) is 0 Å². The third kappa shape index (κ3) is 32.7. The molecule has 4 heterocycles. The predicted octanol–water partition coefficient (Wildman–Crippen LogP) is 4.88. The van der Waals surface area contributed by atoms with E-state index in [0.29, 0.717) is 0 Å². The molecule has 16 heteroatoms. The van der Waals surface area contributed by atoms with Crippen molar-refractivity contribution in [3.63, 3.8) is 0 Å². The zero-order chi connectivity index (χ0) is 26.9. The summed E-state index contributed by atoms with van der Waals surface area (Å²) in [6, 6.07) is 19.7. The summed E-state index contributed by atoms with van der Waals surface area (Å²) in [7, 11) is -10.7. The van der Waals surface area contributed by atoms with E-state index in [1.165, 1.54) is 24.3 Å². The molecule has 0 amide bonds. The molecular formula is C20H20AgF6N4O4P. The molecule has 0 unspecified atom stereocenters. The van der Waals surface area contributed by atoms with E-state index >= 15 is 0 Å². The van der Waals surface area contributed by atoms with Crippen LogP contribution in [0.1, 0.15) is 0 Å². The quantitative estimate of drug-likeness (QED) is 0.125. The van der Waals surface area contributed by atoms with Gasteiger partial charge in [0.05, 0.1) is 0 Å². The molecule has 0 aromatic carbocycles. The van der Waals surface area contributed by atoms with Crippen LogP contribution < -0.4 is 22.2 Å². The minimum Gasteiger partial charge on any atom is -0.329 e. The summed E-state index contributed by atoms with van der Waals surface area (Å²) in [6.45, 7) is 0. The maximum Gasteiger partial charge on any atom is 1.00 e. The van der Waals surface area contributed by atoms with Gasteiger partial charge in [-0.15, -0.1) is 0 Å². The summed E-state index contributed by atoms with van der Waals surface area (Å²) in [5.74, 6) is 0. The summed E-state index contributed by atoms with van der Waals surface area (Å²) in [5.41, 5.74) is -0.213. The summed E-state index contributed by atoms with van der Waals surface area (Å²) in [4.78, 5) is 50.8. The molecule has 4 aromatic rings. The Balaban J connectivity index is 0. The Morgan fingerprint density at radius 3 is 0.639 bits per heavy atom. The van der Waals surface area contributed by atoms with E-state index in [-0.39, 0.29) is 44.6 Å². The Morgan fingerprint density at radius 1 is 0.417 bits per heavy atom. The van der Waals surface area contributed by atoms with Crippen molar-refractivity contribution in [3.05, 3.63) is 139 Å². The van der Waals surface area contributed by atoms with Crippen LogP contribution in [0.15, 0.2) is 117 Å². The average Bonchev–Trinajstić information content (AvgIpc) is 2.75. The normalized spacial score (nSPS) is 11.2. The first-order chi connectivity index (χ1) is 16.0. The summed E-state index contributed by atoms with van der Waals surface area (Å²) >= 11 is 0. The van der Waals surface area contributed by atoms with Gasteiger partial charge in [-0.05, 0) is 24.3 Å². The summed E-state index contributed by atoms with van der Waals surface area (Å²) in [5, 5.41) is 0. The molecule has 0 bridgehead atoms. The maximum absolute atomic E-state index is 10.7. The van der Waals surface area contributed by atoms with Gasteiger partial charge in [-0.2, -0.15) is 0 Å². The van der Waals surface area contributed by atoms with Gasteiger partial charge in [0, 0.05) is 49.1 Å². The monoisotopic (exact) mass is 632 g/mol. The Bertz CT molecular complexity index is 1100. The fraction of sp³-hybridized carbons (Fsp3) is 0. The van der Waals surface area contributed by atoms with Crippen LogP contribution in [0.25, 0.3) is 0 Å². The number of pyridine rings is 4. The predicted molar refractivity (Wildman–Crippen MR) is 122 cm³/mol. The molecule has 0 aliphatic heterocycles. The minimum atomic E-state index is -10.7. The standard InChI is InChI=1S/4C5H5NO.Ag.F6P/c4*7-5-3-1-2-4-6-5;;1-7(2,3,4,5)6/h4*1-4H,(H,6,7);;/q;;;;+1;-1. The van der Waals surface area contributed by atoms with Crippen molar-refractivity contribution in [1.29, 1.82) is 0 Å². The van der Waals surface area contributed by atoms with Crippen molar-refractivity contribution in [3.8, 4) is 0 Å². The number of H-pyrrole nitrogens is 4. The van der Waals surface area contributed by atoms with E-state index in [1.54, 1.807) is 73.3 Å². The molecule has 0 spiro atoms. The van der Waals surface area contributed by atoms with Crippen LogP contribution in [-0.4, -0.2) is 19.9 Å². The number of aromatic nitrogens is 4. The van der Waals surface area contributed by atoms with Gasteiger partial charge in [-0.1, -0.05) is 24.3 Å². The Morgan fingerprint density at radius 2 is 0.583 bits per heavy atom. The average molecular weight is 633 g/mol. The van der Waals surface area contributed by atoms with Gasteiger partial charge in [-0.25, -0.2) is 0 Å². The van der Waals surface area contributed by atoms with Crippen LogP contribution in [-0.2, 0) is 22.4 Å². The largest absolute Gasteiger partial charge is 1.00 e. The molecule has 8 nitrogen and oxygen atoms in total. The Labute approximate surface area is 214 Å². The molecule has 4 N–H and O–H groups in total. The molecule has 0 aliphatic carbocycles. The van der Waals surface area contributed by atoms with Gasteiger partial charge in [-0.3, -0.25) is 19.2 Å². The molecule has 0 saturated carbocycles. The molecule has 0 atom stereocenters. The maximum atomic E-state index is 10.2. The van der Waals surface area contributed by atoms with E-state index in [2.05, 4.69) is 19.9 Å². The second-order valence-electron chi connectivity index (χ2n) is 5.87. The van der Waals surface area contributed by atoms with Crippen molar-refractivity contribution in [2.45, 2.75) is 0 Å². The summed E-state index contributed by atoms with van der Waals surface area (Å²) in [6.07, 6.45) is 6.40. The van der Waals surface area contributed by atoms with Crippen LogP contribution in [0, 0.1) is 0 Å². The fourth-order valence-corrected chi connectivity index (χ4v) is 1.51. The van der Waals surface area contributed by atoms with Crippen molar-refractivity contribution in [2.75, 3.05) is 0 Å². The number of hydrogen-bond acceptors (Lipinski definition) is 4. The number of rotatable bonds is 0. The molecule has 0 fully saturated rings. The fourth-order valence-electron chi connectivity index (χ4n) is 1.51. The van der Waals surface area contributed by atoms with Crippen molar-refractivity contribution < 1.29 is 47.6 Å². The third-order valence-electron chi connectivity index (χ3n) is 2.72. The molecule has 202 valence electrons. The van der Waals surface area contributed by atoms with Crippen LogP contribution in [0.3, 0.4) is 0 Å². The molecule has 0 aliphatic rings. The van der Waals surface area contributed by atoms with E-state index in [9.17, 15) is 44.4 Å². The zero-order valence-electron chi connectivity index (χ0n) is 17.9. The number of hydrogen-bond donors (Lipinski definition) is 4. The van der Waals surface area contributed by atoms with E-state index in [0.717, 1.165) is 0 Å². The topological polar surface area (TPSA) is 131 Å². The minimum absolute atomic E-state index is 0. The zero-order valence-corrected chi connectivity index (χ0v) is 20.3. The first kappa shape index (κ1) is 34.7. The van der Waals surface area contributed by atoms with Gasteiger partial charge in [0.25, 0.3) is 0 Å². The molecule has 0 radical (unpaired) electrons. The van der Waals surface area contributed by atoms with Gasteiger partial charge in [0.1, 0.15) is 0 Å². The van der Waals surface area contributed by atoms with Crippen molar-refractivity contribution in [1.82, 2.24) is 19.9 Å². The van der Waals surface area contributed by atoms with Crippen LogP contribution in [0.2, 0.25) is 0 Å². The van der Waals surface area contributed by atoms with Gasteiger partial charge in [0.2, 0.25) is 22.2 Å². The summed E-state index contributed by atoms with van der Waals surface area (Å²) < 4.78 is 59.2. The van der Waals surface area contributed by atoms with Crippen molar-refractivity contribution >= 4 is 7.81 Å². The third-order valence-corrected chi connectivity index (χ3v) is 2.72. The molecule has 4 rings (SSSR count). The van der Waals surface area contributed by atoms with Gasteiger partial charge >= 0.3 is 55.4 Å². The molecular weight excluding hydrogens is 613 g/mol. The Hall–Kier alpha value is -3.45. The second-order valence-corrected chi connectivity index (χ2v) is 7.78. The van der Waals surface area contributed by atoms with Crippen LogP contribution in [0.4, 0.5) is 25.2 Å². The van der Waals surface area contributed by atoms with Crippen LogP contribution >= 0.6 is 7.81 Å². The van der Waals surface area contributed by atoms with E-state index < -0.39 is 7.81 Å². The molecule has 36 heavy (non-hydrogen) atoms. The van der Waals surface area contributed by atoms with Crippen LogP contribution in [0.5, 0.6) is 0 Å². The van der Waals surface area contributed by atoms with Crippen molar-refractivity contribution in [2.24, 2.45) is 0 Å². The van der Waals surface area contributed by atoms with E-state index in [1.807, 2.05) is 0 Å². The first-order valence-corrected chi connectivity index (χ1v) is 11.2. The number of aromatic amines is 4. The first-order valence-electron chi connectivity index (χ1n) is 9.14. The van der Waals surface area contributed by atoms with Gasteiger partial charge < -0.3 is 19.9 Å².